The van der Waals surface area contributed by atoms with Crippen molar-refractivity contribution >= 4 is 34.2 Å². The van der Waals surface area contributed by atoms with Gasteiger partial charge in [0.1, 0.15) is 5.82 Å². The maximum atomic E-state index is 14.8. The maximum absolute atomic E-state index is 14.8. The molecule has 170 valence electrons. The van der Waals surface area contributed by atoms with Crippen LogP contribution in [0.2, 0.25) is 0 Å². The van der Waals surface area contributed by atoms with Crippen molar-refractivity contribution in [3.63, 3.8) is 0 Å². The zero-order valence-corrected chi connectivity index (χ0v) is 19.1. The third-order valence-corrected chi connectivity index (χ3v) is 6.35. The lowest BCUT2D eigenvalue weighted by molar-refractivity contribution is 0.458. The van der Waals surface area contributed by atoms with Crippen molar-refractivity contribution in [3.05, 3.63) is 65.1 Å². The van der Waals surface area contributed by atoms with Crippen LogP contribution in [0.3, 0.4) is 0 Å². The molecule has 0 unspecified atom stereocenters. The van der Waals surface area contributed by atoms with E-state index in [2.05, 4.69) is 57.0 Å². The van der Waals surface area contributed by atoms with E-state index in [4.69, 9.17) is 0 Å². The van der Waals surface area contributed by atoms with E-state index in [1.807, 2.05) is 19.2 Å². The fourth-order valence-electron chi connectivity index (χ4n) is 4.48. The molecule has 0 atom stereocenters. The lowest BCUT2D eigenvalue weighted by atomic mass is 9.90. The third-order valence-electron chi connectivity index (χ3n) is 6.35. The zero-order valence-electron chi connectivity index (χ0n) is 19.1. The van der Waals surface area contributed by atoms with Gasteiger partial charge in [0.15, 0.2) is 11.5 Å². The van der Waals surface area contributed by atoms with E-state index in [0.29, 0.717) is 29.0 Å². The molecule has 1 saturated heterocycles. The summed E-state index contributed by atoms with van der Waals surface area (Å²) in [6, 6.07) is 11.6. The van der Waals surface area contributed by atoms with Gasteiger partial charge < -0.3 is 16.0 Å². The number of aromatic nitrogens is 4. The van der Waals surface area contributed by atoms with Crippen molar-refractivity contribution in [1.82, 2.24) is 25.1 Å². The van der Waals surface area contributed by atoms with E-state index in [-0.39, 0.29) is 5.82 Å². The van der Waals surface area contributed by atoms with Crippen LogP contribution in [0.1, 0.15) is 35.4 Å². The average molecular weight is 446 g/mol. The molecule has 3 heterocycles. The fraction of sp³-hybridized carbons (Fsp3) is 0.320. The predicted molar refractivity (Wildman–Crippen MR) is 130 cm³/mol. The van der Waals surface area contributed by atoms with Crippen molar-refractivity contribution in [2.45, 2.75) is 32.6 Å². The van der Waals surface area contributed by atoms with E-state index in [0.717, 1.165) is 53.7 Å². The maximum Gasteiger partial charge on any atom is 0.229 e. The molecule has 4 aromatic rings. The molecule has 1 aliphatic rings. The van der Waals surface area contributed by atoms with Gasteiger partial charge in [0.2, 0.25) is 5.95 Å². The Morgan fingerprint density at radius 2 is 1.82 bits per heavy atom. The highest BCUT2D eigenvalue weighted by Gasteiger charge is 2.18. The minimum atomic E-state index is -0.294. The van der Waals surface area contributed by atoms with Crippen LogP contribution >= 0.6 is 0 Å². The number of rotatable bonds is 5. The van der Waals surface area contributed by atoms with E-state index in [1.54, 1.807) is 23.0 Å². The minimum Gasteiger partial charge on any atom is -0.338 e. The average Bonchev–Trinajstić information content (AvgIpc) is 3.13. The second kappa shape index (κ2) is 8.78. The normalized spacial score (nSPS) is 14.5. The van der Waals surface area contributed by atoms with Crippen molar-refractivity contribution in [3.8, 4) is 0 Å². The molecule has 0 spiro atoms. The second-order valence-electron chi connectivity index (χ2n) is 8.68. The number of benzene rings is 2. The minimum absolute atomic E-state index is 0.294. The summed E-state index contributed by atoms with van der Waals surface area (Å²) >= 11 is 0. The molecular weight excluding hydrogens is 417 g/mol. The summed E-state index contributed by atoms with van der Waals surface area (Å²) in [7, 11) is 1.84. The van der Waals surface area contributed by atoms with Gasteiger partial charge in [-0.3, -0.25) is 0 Å². The van der Waals surface area contributed by atoms with Gasteiger partial charge in [-0.1, -0.05) is 24.3 Å². The van der Waals surface area contributed by atoms with Gasteiger partial charge in [0.05, 0.1) is 11.1 Å². The first-order chi connectivity index (χ1) is 16.0. The molecule has 33 heavy (non-hydrogen) atoms. The predicted octanol–water partition coefficient (Wildman–Crippen LogP) is 5.07. The molecule has 0 aliphatic carbocycles. The monoisotopic (exact) mass is 445 g/mol. The topological polar surface area (TPSA) is 79.7 Å². The number of fused-ring (bicyclic) bond motifs is 1. The molecule has 0 bridgehead atoms. The van der Waals surface area contributed by atoms with Crippen LogP contribution in [-0.4, -0.2) is 32.8 Å². The first-order valence-corrected chi connectivity index (χ1v) is 11.3. The quantitative estimate of drug-likeness (QED) is 0.398. The lowest BCUT2D eigenvalue weighted by Crippen LogP contribution is -2.26. The molecule has 0 radical (unpaired) electrons. The zero-order chi connectivity index (χ0) is 22.9. The smallest absolute Gasteiger partial charge is 0.229 e. The number of hydrogen-bond acceptors (Lipinski definition) is 6. The van der Waals surface area contributed by atoms with Crippen LogP contribution in [0.5, 0.6) is 0 Å². The van der Waals surface area contributed by atoms with Gasteiger partial charge in [0.25, 0.3) is 0 Å². The number of anilines is 4. The van der Waals surface area contributed by atoms with Gasteiger partial charge in [-0.25, -0.2) is 14.1 Å². The SMILES string of the molecule is Cc1cccc(C)c1Nc1nn(C)c2nc(Nc3ccc(C4CCNCC4)cc3F)ncc12. The summed E-state index contributed by atoms with van der Waals surface area (Å²) in [5.74, 6) is 1.13. The van der Waals surface area contributed by atoms with Crippen molar-refractivity contribution < 1.29 is 4.39 Å². The number of nitrogens with zero attached hydrogens (tertiary/aromatic N) is 4. The molecule has 0 amide bonds. The number of piperidine rings is 1. The van der Waals surface area contributed by atoms with Crippen molar-refractivity contribution in [2.75, 3.05) is 23.7 Å². The van der Waals surface area contributed by atoms with Crippen LogP contribution < -0.4 is 16.0 Å². The molecule has 2 aromatic carbocycles. The van der Waals surface area contributed by atoms with Crippen LogP contribution in [0, 0.1) is 19.7 Å². The standard InChI is InChI=1S/C25H28FN7/c1-15-5-4-6-16(2)22(15)30-23-19-14-28-25(31-24(19)33(3)32-23)29-21-8-7-18(13-20(21)26)17-9-11-27-12-10-17/h4-8,13-14,17,27H,9-12H2,1-3H3,(H,30,32)(H,28,29,31). The summed E-state index contributed by atoms with van der Waals surface area (Å²) in [6.07, 6.45) is 3.78. The highest BCUT2D eigenvalue weighted by Crippen LogP contribution is 2.30. The highest BCUT2D eigenvalue weighted by atomic mass is 19.1. The van der Waals surface area contributed by atoms with Crippen LogP contribution in [0.4, 0.5) is 27.5 Å². The van der Waals surface area contributed by atoms with Crippen LogP contribution in [-0.2, 0) is 7.05 Å². The van der Waals surface area contributed by atoms with Gasteiger partial charge in [0, 0.05) is 18.9 Å². The summed E-state index contributed by atoms with van der Waals surface area (Å²) in [6.45, 7) is 6.07. The Hall–Kier alpha value is -3.52. The van der Waals surface area contributed by atoms with Crippen molar-refractivity contribution in [2.24, 2.45) is 7.05 Å². The summed E-state index contributed by atoms with van der Waals surface area (Å²) in [5, 5.41) is 15.2. The molecule has 1 fully saturated rings. The number of hydrogen-bond donors (Lipinski definition) is 3. The Kier molecular flexibility index (Phi) is 5.68. The molecule has 3 N–H and O–H groups in total. The Labute approximate surface area is 192 Å². The Bertz CT molecular complexity index is 1290. The highest BCUT2D eigenvalue weighted by molar-refractivity contribution is 5.90. The molecular formula is C25H28FN7. The summed E-state index contributed by atoms with van der Waals surface area (Å²) < 4.78 is 16.5. The van der Waals surface area contributed by atoms with E-state index < -0.39 is 0 Å². The molecule has 2 aromatic heterocycles. The van der Waals surface area contributed by atoms with Crippen LogP contribution in [0.15, 0.2) is 42.6 Å². The van der Waals surface area contributed by atoms with E-state index in [1.165, 1.54) is 0 Å². The van der Waals surface area contributed by atoms with Crippen molar-refractivity contribution in [1.29, 1.82) is 0 Å². The van der Waals surface area contributed by atoms with Gasteiger partial charge >= 0.3 is 0 Å². The van der Waals surface area contributed by atoms with E-state index >= 15 is 0 Å². The summed E-state index contributed by atoms with van der Waals surface area (Å²) in [4.78, 5) is 9.02. The molecule has 1 aliphatic heterocycles. The number of aryl methyl sites for hydroxylation is 3. The Balaban J connectivity index is 1.39. The van der Waals surface area contributed by atoms with Gasteiger partial charge in [-0.05, 0) is 74.5 Å². The molecule has 7 nitrogen and oxygen atoms in total. The Morgan fingerprint density at radius 3 is 2.55 bits per heavy atom. The largest absolute Gasteiger partial charge is 0.338 e. The molecule has 0 saturated carbocycles. The first-order valence-electron chi connectivity index (χ1n) is 11.3. The third kappa shape index (κ3) is 4.26. The number of para-hydroxylation sites is 1. The number of halogens is 1. The van der Waals surface area contributed by atoms with Gasteiger partial charge in [-0.2, -0.15) is 10.1 Å². The van der Waals surface area contributed by atoms with Crippen LogP contribution in [0.25, 0.3) is 11.0 Å². The lowest BCUT2D eigenvalue weighted by Gasteiger charge is -2.23. The first kappa shape index (κ1) is 21.3. The molecule has 5 rings (SSSR count). The fourth-order valence-corrected chi connectivity index (χ4v) is 4.48. The number of nitrogens with one attached hydrogen (secondary N) is 3. The second-order valence-corrected chi connectivity index (χ2v) is 8.68. The van der Waals surface area contributed by atoms with Gasteiger partial charge in [-0.15, -0.1) is 0 Å². The molecule has 8 heteroatoms. The summed E-state index contributed by atoms with van der Waals surface area (Å²) in [5.41, 5.74) is 5.37. The van der Waals surface area contributed by atoms with E-state index in [9.17, 15) is 4.39 Å². The Morgan fingerprint density at radius 1 is 1.06 bits per heavy atom.